The van der Waals surface area contributed by atoms with Crippen LogP contribution in [0.2, 0.25) is 0 Å². The summed E-state index contributed by atoms with van der Waals surface area (Å²) in [5.74, 6) is -0.0848. The van der Waals surface area contributed by atoms with E-state index in [9.17, 15) is 9.59 Å². The predicted molar refractivity (Wildman–Crippen MR) is 139 cm³/mol. The number of aryl methyl sites for hydroxylation is 2. The number of amides is 2. The maximum Gasteiger partial charge on any atom is 0.254 e. The lowest BCUT2D eigenvalue weighted by Crippen LogP contribution is -2.46. The molecule has 0 N–H and O–H groups in total. The zero-order chi connectivity index (χ0) is 24.1. The van der Waals surface area contributed by atoms with Crippen LogP contribution in [-0.4, -0.2) is 41.2 Å². The molecule has 4 rings (SSSR count). The molecule has 0 spiro atoms. The Hall–Kier alpha value is -2.92. The molecule has 4 nitrogen and oxygen atoms in total. The van der Waals surface area contributed by atoms with Gasteiger partial charge in [0.05, 0.1) is 6.04 Å². The number of carbonyl (C=O) groups excluding carboxylic acids is 2. The minimum atomic E-state index is -0.102. The topological polar surface area (TPSA) is 40.6 Å². The first kappa shape index (κ1) is 24.2. The van der Waals surface area contributed by atoms with E-state index in [0.29, 0.717) is 18.7 Å². The first-order valence-electron chi connectivity index (χ1n) is 12.3. The van der Waals surface area contributed by atoms with Crippen LogP contribution in [0.25, 0.3) is 0 Å². The standard InChI is InChI=1S/C29H34N2O2S/c1-4-6-10-22-12-14-23(15-13-22)29(33)30(5-2)20-27(32)31-18-16-26-25(17-19-34-26)28(31)24-11-8-7-9-21(24)3/h7-9,11-15,17,19,28H,4-6,10,16,18,20H2,1-3H3/t28-/m1/s1. The highest BCUT2D eigenvalue weighted by atomic mass is 32.1. The van der Waals surface area contributed by atoms with Gasteiger partial charge in [0.25, 0.3) is 5.91 Å². The Labute approximate surface area is 207 Å². The van der Waals surface area contributed by atoms with Crippen LogP contribution in [0.5, 0.6) is 0 Å². The Morgan fingerprint density at radius 2 is 1.79 bits per heavy atom. The number of benzene rings is 2. The molecule has 2 amide bonds. The van der Waals surface area contributed by atoms with Crippen LogP contribution in [-0.2, 0) is 17.6 Å². The van der Waals surface area contributed by atoms with Crippen molar-refractivity contribution in [3.05, 3.63) is 92.7 Å². The second-order valence-electron chi connectivity index (χ2n) is 9.02. The van der Waals surface area contributed by atoms with E-state index in [1.807, 2.05) is 48.2 Å². The van der Waals surface area contributed by atoms with Gasteiger partial charge in [0.15, 0.2) is 0 Å². The van der Waals surface area contributed by atoms with Crippen LogP contribution in [0.3, 0.4) is 0 Å². The molecule has 5 heteroatoms. The van der Waals surface area contributed by atoms with E-state index in [-0.39, 0.29) is 24.4 Å². The van der Waals surface area contributed by atoms with Crippen molar-refractivity contribution in [1.29, 1.82) is 0 Å². The van der Waals surface area contributed by atoms with Crippen LogP contribution in [0.1, 0.15) is 70.2 Å². The molecule has 2 heterocycles. The maximum absolute atomic E-state index is 13.6. The molecule has 1 aliphatic heterocycles. The normalized spacial score (nSPS) is 15.1. The summed E-state index contributed by atoms with van der Waals surface area (Å²) in [6.07, 6.45) is 4.19. The number of fused-ring (bicyclic) bond motifs is 1. The van der Waals surface area contributed by atoms with E-state index < -0.39 is 0 Å². The number of likely N-dealkylation sites (N-methyl/N-ethyl adjacent to an activating group) is 1. The summed E-state index contributed by atoms with van der Waals surface area (Å²) in [7, 11) is 0. The van der Waals surface area contributed by atoms with Crippen molar-refractivity contribution >= 4 is 23.2 Å². The summed E-state index contributed by atoms with van der Waals surface area (Å²) < 4.78 is 0. The lowest BCUT2D eigenvalue weighted by molar-refractivity contribution is -0.134. The highest BCUT2D eigenvalue weighted by Crippen LogP contribution is 2.39. The smallest absolute Gasteiger partial charge is 0.254 e. The predicted octanol–water partition coefficient (Wildman–Crippen LogP) is 6.04. The third-order valence-electron chi connectivity index (χ3n) is 6.78. The molecule has 1 aliphatic rings. The maximum atomic E-state index is 13.6. The minimum Gasteiger partial charge on any atom is -0.330 e. The quantitative estimate of drug-likeness (QED) is 0.400. The Morgan fingerprint density at radius 3 is 2.50 bits per heavy atom. The SMILES string of the molecule is CCCCc1ccc(C(=O)N(CC)CC(=O)N2CCc3sccc3[C@H]2c2ccccc2C)cc1. The van der Waals surface area contributed by atoms with Gasteiger partial charge in [-0.15, -0.1) is 11.3 Å². The Morgan fingerprint density at radius 1 is 1.03 bits per heavy atom. The second kappa shape index (κ2) is 11.0. The fourth-order valence-corrected chi connectivity index (χ4v) is 5.68. The zero-order valence-electron chi connectivity index (χ0n) is 20.4. The van der Waals surface area contributed by atoms with Crippen molar-refractivity contribution in [3.63, 3.8) is 0 Å². The first-order chi connectivity index (χ1) is 16.5. The summed E-state index contributed by atoms with van der Waals surface area (Å²) in [6, 6.07) is 18.2. The monoisotopic (exact) mass is 474 g/mol. The van der Waals surface area contributed by atoms with E-state index in [4.69, 9.17) is 0 Å². The number of nitrogens with zero attached hydrogens (tertiary/aromatic N) is 2. The molecule has 1 aromatic heterocycles. The lowest BCUT2D eigenvalue weighted by Gasteiger charge is -2.38. The number of rotatable bonds is 8. The Bertz CT molecular complexity index is 1140. The highest BCUT2D eigenvalue weighted by Gasteiger charge is 2.34. The van der Waals surface area contributed by atoms with Crippen molar-refractivity contribution in [2.24, 2.45) is 0 Å². The van der Waals surface area contributed by atoms with Gasteiger partial charge in [0.2, 0.25) is 5.91 Å². The molecular weight excluding hydrogens is 440 g/mol. The largest absolute Gasteiger partial charge is 0.330 e. The molecule has 0 saturated carbocycles. The van der Waals surface area contributed by atoms with Gasteiger partial charge in [-0.25, -0.2) is 0 Å². The molecule has 178 valence electrons. The van der Waals surface area contributed by atoms with Crippen molar-refractivity contribution in [2.45, 2.75) is 52.5 Å². The van der Waals surface area contributed by atoms with Gasteiger partial charge in [-0.2, -0.15) is 0 Å². The molecular formula is C29H34N2O2S. The van der Waals surface area contributed by atoms with Gasteiger partial charge in [0, 0.05) is 23.5 Å². The molecule has 1 atom stereocenters. The summed E-state index contributed by atoms with van der Waals surface area (Å²) in [5, 5.41) is 2.12. The van der Waals surface area contributed by atoms with E-state index in [1.165, 1.54) is 21.6 Å². The molecule has 0 fully saturated rings. The molecule has 3 aromatic rings. The Balaban J connectivity index is 1.54. The van der Waals surface area contributed by atoms with Crippen LogP contribution in [0.4, 0.5) is 0 Å². The summed E-state index contributed by atoms with van der Waals surface area (Å²) >= 11 is 1.77. The average molecular weight is 475 g/mol. The van der Waals surface area contributed by atoms with Gasteiger partial charge in [0.1, 0.15) is 6.54 Å². The molecule has 0 radical (unpaired) electrons. The van der Waals surface area contributed by atoms with E-state index in [2.05, 4.69) is 37.4 Å². The van der Waals surface area contributed by atoms with Gasteiger partial charge >= 0.3 is 0 Å². The van der Waals surface area contributed by atoms with Gasteiger partial charge < -0.3 is 9.80 Å². The minimum absolute atomic E-state index is 0.000121. The van der Waals surface area contributed by atoms with Crippen molar-refractivity contribution in [1.82, 2.24) is 9.80 Å². The van der Waals surface area contributed by atoms with Crippen LogP contribution >= 0.6 is 11.3 Å². The molecule has 0 bridgehead atoms. The summed E-state index contributed by atoms with van der Waals surface area (Å²) in [4.78, 5) is 31.9. The molecule has 2 aromatic carbocycles. The first-order valence-corrected chi connectivity index (χ1v) is 13.2. The molecule has 0 unspecified atom stereocenters. The fraction of sp³-hybridized carbons (Fsp3) is 0.379. The van der Waals surface area contributed by atoms with Gasteiger partial charge in [-0.1, -0.05) is 49.7 Å². The fourth-order valence-electron chi connectivity index (χ4n) is 4.77. The van der Waals surface area contributed by atoms with Gasteiger partial charge in [-0.3, -0.25) is 9.59 Å². The van der Waals surface area contributed by atoms with Crippen molar-refractivity contribution in [3.8, 4) is 0 Å². The summed E-state index contributed by atoms with van der Waals surface area (Å²) in [5.41, 5.74) is 5.45. The lowest BCUT2D eigenvalue weighted by atomic mass is 9.90. The van der Waals surface area contributed by atoms with Crippen molar-refractivity contribution in [2.75, 3.05) is 19.6 Å². The van der Waals surface area contributed by atoms with Crippen LogP contribution in [0.15, 0.2) is 60.0 Å². The summed E-state index contributed by atoms with van der Waals surface area (Å²) in [6.45, 7) is 7.48. The van der Waals surface area contributed by atoms with E-state index in [1.54, 1.807) is 16.2 Å². The number of carbonyl (C=O) groups is 2. The molecule has 34 heavy (non-hydrogen) atoms. The number of hydrogen-bond donors (Lipinski definition) is 0. The molecule has 0 saturated heterocycles. The second-order valence-corrected chi connectivity index (χ2v) is 10.0. The number of unbranched alkanes of at least 4 members (excludes halogenated alkanes) is 1. The Kier molecular flexibility index (Phi) is 7.84. The zero-order valence-corrected chi connectivity index (χ0v) is 21.2. The third-order valence-corrected chi connectivity index (χ3v) is 7.78. The van der Waals surface area contributed by atoms with E-state index in [0.717, 1.165) is 31.2 Å². The van der Waals surface area contributed by atoms with Crippen LogP contribution < -0.4 is 0 Å². The van der Waals surface area contributed by atoms with Crippen molar-refractivity contribution < 1.29 is 9.59 Å². The molecule has 0 aliphatic carbocycles. The van der Waals surface area contributed by atoms with Crippen LogP contribution in [0, 0.1) is 6.92 Å². The number of thiophene rings is 1. The number of hydrogen-bond acceptors (Lipinski definition) is 3. The van der Waals surface area contributed by atoms with E-state index >= 15 is 0 Å². The highest BCUT2D eigenvalue weighted by molar-refractivity contribution is 7.10. The van der Waals surface area contributed by atoms with Gasteiger partial charge in [-0.05, 0) is 78.9 Å². The third kappa shape index (κ3) is 5.10. The average Bonchev–Trinajstić information content (AvgIpc) is 3.35.